The SMILES string of the molecule is NC(=O)Cn1c(SCC(=O)O)nc2c(F)cccc21. The van der Waals surface area contributed by atoms with E-state index in [9.17, 15) is 14.0 Å². The van der Waals surface area contributed by atoms with Crippen molar-refractivity contribution in [1.82, 2.24) is 9.55 Å². The molecule has 1 heterocycles. The van der Waals surface area contributed by atoms with Gasteiger partial charge in [-0.15, -0.1) is 0 Å². The minimum atomic E-state index is -1.02. The number of nitrogens with two attached hydrogens (primary N) is 1. The quantitative estimate of drug-likeness (QED) is 0.792. The van der Waals surface area contributed by atoms with Crippen LogP contribution >= 0.6 is 11.8 Å². The molecule has 0 radical (unpaired) electrons. The van der Waals surface area contributed by atoms with Crippen molar-refractivity contribution in [3.8, 4) is 0 Å². The lowest BCUT2D eigenvalue weighted by Crippen LogP contribution is -2.19. The molecule has 0 aliphatic heterocycles. The Morgan fingerprint density at radius 3 is 2.84 bits per heavy atom. The Balaban J connectivity index is 2.50. The van der Waals surface area contributed by atoms with E-state index < -0.39 is 17.7 Å². The maximum Gasteiger partial charge on any atom is 0.313 e. The number of aromatic nitrogens is 2. The number of imidazole rings is 1. The summed E-state index contributed by atoms with van der Waals surface area (Å²) in [4.78, 5) is 25.6. The van der Waals surface area contributed by atoms with Gasteiger partial charge in [-0.1, -0.05) is 17.8 Å². The smallest absolute Gasteiger partial charge is 0.313 e. The zero-order valence-electron chi connectivity index (χ0n) is 9.67. The van der Waals surface area contributed by atoms with Gasteiger partial charge in [-0.3, -0.25) is 9.59 Å². The number of halogens is 1. The van der Waals surface area contributed by atoms with E-state index in [1.165, 1.54) is 16.7 Å². The van der Waals surface area contributed by atoms with Crippen LogP contribution in [0.3, 0.4) is 0 Å². The lowest BCUT2D eigenvalue weighted by Gasteiger charge is -2.05. The van der Waals surface area contributed by atoms with Gasteiger partial charge in [-0.2, -0.15) is 0 Å². The first kappa shape index (κ1) is 13.3. The van der Waals surface area contributed by atoms with Crippen molar-refractivity contribution < 1.29 is 19.1 Å². The lowest BCUT2D eigenvalue weighted by molar-refractivity contribution is -0.133. The van der Waals surface area contributed by atoms with Crippen LogP contribution in [-0.2, 0) is 16.1 Å². The normalized spacial score (nSPS) is 10.8. The molecule has 1 aromatic carbocycles. The maximum atomic E-state index is 13.6. The summed E-state index contributed by atoms with van der Waals surface area (Å²) in [5.41, 5.74) is 5.63. The second kappa shape index (κ2) is 5.27. The molecule has 0 unspecified atom stereocenters. The maximum absolute atomic E-state index is 13.6. The number of rotatable bonds is 5. The number of nitrogens with zero attached hydrogens (tertiary/aromatic N) is 2. The summed E-state index contributed by atoms with van der Waals surface area (Å²) in [7, 11) is 0. The monoisotopic (exact) mass is 283 g/mol. The third-order valence-corrected chi connectivity index (χ3v) is 3.29. The van der Waals surface area contributed by atoms with Gasteiger partial charge in [0.15, 0.2) is 11.0 Å². The van der Waals surface area contributed by atoms with Crippen LogP contribution < -0.4 is 5.73 Å². The van der Waals surface area contributed by atoms with Gasteiger partial charge in [0, 0.05) is 0 Å². The van der Waals surface area contributed by atoms with E-state index in [0.29, 0.717) is 5.52 Å². The molecule has 2 rings (SSSR count). The zero-order chi connectivity index (χ0) is 14.0. The number of benzene rings is 1. The summed E-state index contributed by atoms with van der Waals surface area (Å²) >= 11 is 0.909. The third kappa shape index (κ3) is 2.84. The molecule has 0 saturated carbocycles. The van der Waals surface area contributed by atoms with Crippen molar-refractivity contribution in [2.24, 2.45) is 5.73 Å². The van der Waals surface area contributed by atoms with Crippen LogP contribution in [0.1, 0.15) is 0 Å². The highest BCUT2D eigenvalue weighted by Crippen LogP contribution is 2.25. The Hall–Kier alpha value is -2.09. The summed E-state index contributed by atoms with van der Waals surface area (Å²) in [6.07, 6.45) is 0. The van der Waals surface area contributed by atoms with Crippen LogP contribution in [0.2, 0.25) is 0 Å². The molecular weight excluding hydrogens is 273 g/mol. The van der Waals surface area contributed by atoms with Gasteiger partial charge in [0.2, 0.25) is 5.91 Å². The Bertz CT molecular complexity index is 656. The summed E-state index contributed by atoms with van der Waals surface area (Å²) in [5, 5.41) is 8.90. The van der Waals surface area contributed by atoms with Crippen molar-refractivity contribution in [3.63, 3.8) is 0 Å². The lowest BCUT2D eigenvalue weighted by atomic mass is 10.3. The summed E-state index contributed by atoms with van der Waals surface area (Å²) in [6, 6.07) is 4.33. The van der Waals surface area contributed by atoms with E-state index >= 15 is 0 Å². The Labute approximate surface area is 111 Å². The first-order valence-electron chi connectivity index (χ1n) is 5.26. The molecule has 100 valence electrons. The molecular formula is C11H10FN3O3S. The second-order valence-corrected chi connectivity index (χ2v) is 4.68. The molecule has 2 aromatic rings. The molecule has 0 bridgehead atoms. The number of carboxylic acid groups (broad SMARTS) is 1. The minimum absolute atomic E-state index is 0.0941. The molecule has 6 nitrogen and oxygen atoms in total. The number of amides is 1. The predicted molar refractivity (Wildman–Crippen MR) is 67.2 cm³/mol. The van der Waals surface area contributed by atoms with Crippen LogP contribution in [0.15, 0.2) is 23.4 Å². The van der Waals surface area contributed by atoms with Gasteiger partial charge in [0.1, 0.15) is 12.1 Å². The third-order valence-electron chi connectivity index (χ3n) is 2.33. The van der Waals surface area contributed by atoms with E-state index in [4.69, 9.17) is 10.8 Å². The zero-order valence-corrected chi connectivity index (χ0v) is 10.5. The minimum Gasteiger partial charge on any atom is -0.481 e. The molecule has 1 amide bonds. The Morgan fingerprint density at radius 1 is 1.47 bits per heavy atom. The van der Waals surface area contributed by atoms with Gasteiger partial charge in [-0.25, -0.2) is 9.37 Å². The highest BCUT2D eigenvalue weighted by molar-refractivity contribution is 7.99. The summed E-state index contributed by atoms with van der Waals surface area (Å²) in [6.45, 7) is -0.179. The Morgan fingerprint density at radius 2 is 2.21 bits per heavy atom. The van der Waals surface area contributed by atoms with Gasteiger partial charge >= 0.3 is 5.97 Å². The van der Waals surface area contributed by atoms with Crippen molar-refractivity contribution in [2.75, 3.05) is 5.75 Å². The number of carbonyl (C=O) groups is 2. The fourth-order valence-corrected chi connectivity index (χ4v) is 2.36. The van der Waals surface area contributed by atoms with Crippen LogP contribution in [0.4, 0.5) is 4.39 Å². The molecule has 0 aliphatic carbocycles. The van der Waals surface area contributed by atoms with Crippen LogP contribution in [0.25, 0.3) is 11.0 Å². The first-order chi connectivity index (χ1) is 8.99. The molecule has 0 aliphatic rings. The van der Waals surface area contributed by atoms with E-state index in [-0.39, 0.29) is 23.0 Å². The molecule has 19 heavy (non-hydrogen) atoms. The van der Waals surface area contributed by atoms with E-state index in [2.05, 4.69) is 4.98 Å². The predicted octanol–water partition coefficient (Wildman–Crippen LogP) is 0.837. The molecule has 3 N–H and O–H groups in total. The highest BCUT2D eigenvalue weighted by atomic mass is 32.2. The number of fused-ring (bicyclic) bond motifs is 1. The summed E-state index contributed by atoms with van der Waals surface area (Å²) in [5.74, 6) is -2.40. The van der Waals surface area contributed by atoms with Crippen LogP contribution in [-0.4, -0.2) is 32.3 Å². The number of para-hydroxylation sites is 1. The van der Waals surface area contributed by atoms with Crippen molar-refractivity contribution in [3.05, 3.63) is 24.0 Å². The van der Waals surface area contributed by atoms with Crippen molar-refractivity contribution in [1.29, 1.82) is 0 Å². The molecule has 0 spiro atoms. The number of hydrogen-bond acceptors (Lipinski definition) is 4. The van der Waals surface area contributed by atoms with Gasteiger partial charge in [-0.05, 0) is 12.1 Å². The number of thioether (sulfide) groups is 1. The fourth-order valence-electron chi connectivity index (χ4n) is 1.64. The van der Waals surface area contributed by atoms with E-state index in [1.54, 1.807) is 6.07 Å². The molecule has 0 fully saturated rings. The second-order valence-electron chi connectivity index (χ2n) is 3.74. The van der Waals surface area contributed by atoms with Crippen molar-refractivity contribution >= 4 is 34.7 Å². The first-order valence-corrected chi connectivity index (χ1v) is 6.25. The number of aliphatic carboxylic acids is 1. The largest absolute Gasteiger partial charge is 0.481 e. The topological polar surface area (TPSA) is 98.2 Å². The van der Waals surface area contributed by atoms with Crippen LogP contribution in [0, 0.1) is 5.82 Å². The van der Waals surface area contributed by atoms with E-state index in [0.717, 1.165) is 11.8 Å². The van der Waals surface area contributed by atoms with Crippen LogP contribution in [0.5, 0.6) is 0 Å². The molecule has 1 aromatic heterocycles. The average Bonchev–Trinajstić information content (AvgIpc) is 2.66. The van der Waals surface area contributed by atoms with Gasteiger partial charge < -0.3 is 15.4 Å². The van der Waals surface area contributed by atoms with Gasteiger partial charge in [0.25, 0.3) is 0 Å². The number of hydrogen-bond donors (Lipinski definition) is 2. The fraction of sp³-hybridized carbons (Fsp3) is 0.182. The standard InChI is InChI=1S/C11H10FN3O3S/c12-6-2-1-3-7-10(6)14-11(19-5-9(17)18)15(7)4-8(13)16/h1-3H,4-5H2,(H2,13,16)(H,17,18). The molecule has 0 saturated heterocycles. The molecule has 0 atom stereocenters. The summed E-state index contributed by atoms with van der Waals surface area (Å²) < 4.78 is 15.0. The number of carbonyl (C=O) groups excluding carboxylic acids is 1. The highest BCUT2D eigenvalue weighted by Gasteiger charge is 2.16. The average molecular weight is 283 g/mol. The van der Waals surface area contributed by atoms with E-state index in [1.807, 2.05) is 0 Å². The molecule has 8 heteroatoms. The number of primary amides is 1. The van der Waals surface area contributed by atoms with Crippen molar-refractivity contribution in [2.45, 2.75) is 11.7 Å². The van der Waals surface area contributed by atoms with Gasteiger partial charge in [0.05, 0.1) is 11.3 Å². The Kier molecular flexibility index (Phi) is 3.70. The number of carboxylic acids is 1.